The van der Waals surface area contributed by atoms with Gasteiger partial charge in [0.05, 0.1) is 4.92 Å². The molecule has 0 unspecified atom stereocenters. The molecule has 0 saturated carbocycles. The summed E-state index contributed by atoms with van der Waals surface area (Å²) < 4.78 is 1.42. The van der Waals surface area contributed by atoms with Gasteiger partial charge in [0.25, 0.3) is 0 Å². The van der Waals surface area contributed by atoms with E-state index in [2.05, 4.69) is 15.1 Å². The van der Waals surface area contributed by atoms with Crippen LogP contribution >= 0.6 is 0 Å². The van der Waals surface area contributed by atoms with Gasteiger partial charge in [0.2, 0.25) is 5.82 Å². The fraction of sp³-hybridized carbons (Fsp3) is 0. The Balaban J connectivity index is 0.00000161. The van der Waals surface area contributed by atoms with Crippen molar-refractivity contribution in [2.45, 2.75) is 0 Å². The van der Waals surface area contributed by atoms with Crippen LogP contribution in [0.4, 0.5) is 5.69 Å². The molecule has 0 saturated heterocycles. The predicted molar refractivity (Wildman–Crippen MR) is 71.6 cm³/mol. The maximum atomic E-state index is 10.7. The third-order valence-electron chi connectivity index (χ3n) is 2.69. The van der Waals surface area contributed by atoms with Crippen molar-refractivity contribution in [1.82, 2.24) is 15.1 Å². The fourth-order valence-corrected chi connectivity index (χ4v) is 1.74. The Morgan fingerprint density at radius 3 is 2.71 bits per heavy atom. The Kier molecular flexibility index (Phi) is 4.24. The van der Waals surface area contributed by atoms with Gasteiger partial charge in [-0.2, -0.15) is 0 Å². The number of fused-ring (bicyclic) bond motifs is 1. The van der Waals surface area contributed by atoms with Crippen LogP contribution in [0.1, 0.15) is 11.4 Å². The molecule has 3 aromatic rings. The van der Waals surface area contributed by atoms with Gasteiger partial charge in [-0.3, -0.25) is 10.1 Å². The lowest BCUT2D eigenvalue weighted by atomic mass is 10.2. The highest BCUT2D eigenvalue weighted by molar-refractivity contribution is 5.66. The van der Waals surface area contributed by atoms with E-state index in [0.717, 1.165) is 5.56 Å². The number of nitrogens with zero attached hydrogens (tertiary/aromatic N) is 4. The first-order chi connectivity index (χ1) is 9.72. The third kappa shape index (κ3) is 3.21. The van der Waals surface area contributed by atoms with Gasteiger partial charge in [0.15, 0.2) is 12.4 Å². The molecule has 0 bridgehead atoms. The summed E-state index contributed by atoms with van der Waals surface area (Å²) in [6.07, 6.45) is 6.21. The van der Waals surface area contributed by atoms with E-state index < -0.39 is 4.92 Å². The van der Waals surface area contributed by atoms with Crippen molar-refractivity contribution in [3.63, 3.8) is 0 Å². The molecule has 0 aliphatic rings. The van der Waals surface area contributed by atoms with Gasteiger partial charge in [-0.05, 0) is 16.6 Å². The number of rotatable bonds is 3. The van der Waals surface area contributed by atoms with Crippen molar-refractivity contribution in [3.8, 4) is 0 Å². The number of benzene rings is 1. The number of H-pyrrole nitrogens is 1. The third-order valence-corrected chi connectivity index (χ3v) is 2.69. The van der Waals surface area contributed by atoms with Crippen LogP contribution in [-0.2, 0) is 0 Å². The van der Waals surface area contributed by atoms with Crippen LogP contribution in [0.5, 0.6) is 0 Å². The first kappa shape index (κ1) is 14.6. The number of aromatic amines is 1. The minimum absolute atomic E-state index is 0. The largest absolute Gasteiger partial charge is 1.00 e. The summed E-state index contributed by atoms with van der Waals surface area (Å²) in [5.41, 5.74) is 0.946. The predicted octanol–water partition coefficient (Wildman–Crippen LogP) is -1.37. The van der Waals surface area contributed by atoms with Crippen LogP contribution in [0.25, 0.3) is 17.9 Å². The SMILES string of the molecule is O=[N+]([O-])c1cnc2nc(/C=C/c3ccccc3)[nH][n+]2c1.[Cl-]. The summed E-state index contributed by atoms with van der Waals surface area (Å²) in [6.45, 7) is 0. The van der Waals surface area contributed by atoms with E-state index in [0.29, 0.717) is 11.6 Å². The Morgan fingerprint density at radius 1 is 1.24 bits per heavy atom. The van der Waals surface area contributed by atoms with Crippen LogP contribution < -0.4 is 16.9 Å². The van der Waals surface area contributed by atoms with E-state index in [9.17, 15) is 10.1 Å². The van der Waals surface area contributed by atoms with E-state index in [4.69, 9.17) is 0 Å². The van der Waals surface area contributed by atoms with E-state index in [1.807, 2.05) is 36.4 Å². The maximum absolute atomic E-state index is 10.7. The summed E-state index contributed by atoms with van der Waals surface area (Å²) in [4.78, 5) is 18.3. The average molecular weight is 304 g/mol. The lowest BCUT2D eigenvalue weighted by Gasteiger charge is -1.88. The Bertz CT molecular complexity index is 801. The second kappa shape index (κ2) is 6.10. The van der Waals surface area contributed by atoms with Gasteiger partial charge in [0, 0.05) is 6.08 Å². The summed E-state index contributed by atoms with van der Waals surface area (Å²) >= 11 is 0. The van der Waals surface area contributed by atoms with Gasteiger partial charge in [0.1, 0.15) is 0 Å². The van der Waals surface area contributed by atoms with Crippen molar-refractivity contribution in [2.24, 2.45) is 0 Å². The number of nitrogens with one attached hydrogen (secondary N) is 1. The van der Waals surface area contributed by atoms with Gasteiger partial charge in [-0.1, -0.05) is 35.3 Å². The summed E-state index contributed by atoms with van der Waals surface area (Å²) in [5, 5.41) is 13.6. The quantitative estimate of drug-likeness (QED) is 0.367. The standard InChI is InChI=1S/C13H9N5O2.ClH/c19-18(20)11-8-14-13-15-12(16-17(13)9-11)7-6-10-4-2-1-3-5-10;/h1-9H;1H/b7-6+;. The smallest absolute Gasteiger partial charge is 0.457 e. The molecule has 106 valence electrons. The fourth-order valence-electron chi connectivity index (χ4n) is 1.74. The first-order valence-electron chi connectivity index (χ1n) is 5.87. The Labute approximate surface area is 125 Å². The Morgan fingerprint density at radius 2 is 2.00 bits per heavy atom. The van der Waals surface area contributed by atoms with Crippen LogP contribution in [-0.4, -0.2) is 20.0 Å². The van der Waals surface area contributed by atoms with E-state index >= 15 is 0 Å². The molecule has 1 N–H and O–H groups in total. The summed E-state index contributed by atoms with van der Waals surface area (Å²) in [5.74, 6) is 0.949. The number of halogens is 1. The summed E-state index contributed by atoms with van der Waals surface area (Å²) in [7, 11) is 0. The number of aromatic nitrogens is 4. The molecular formula is C13H10ClN5O2. The molecule has 0 aliphatic carbocycles. The van der Waals surface area contributed by atoms with Crippen LogP contribution in [0, 0.1) is 10.1 Å². The van der Waals surface area contributed by atoms with E-state index in [1.165, 1.54) is 16.9 Å². The van der Waals surface area contributed by atoms with Gasteiger partial charge in [-0.15, -0.1) is 4.52 Å². The molecule has 2 aromatic heterocycles. The molecule has 0 atom stereocenters. The molecule has 0 fully saturated rings. The maximum Gasteiger partial charge on any atom is 0.457 e. The molecule has 2 heterocycles. The lowest BCUT2D eigenvalue weighted by Crippen LogP contribution is -3.00. The highest BCUT2D eigenvalue weighted by Gasteiger charge is 2.16. The zero-order valence-corrected chi connectivity index (χ0v) is 11.4. The van der Waals surface area contributed by atoms with Crippen LogP contribution in [0.3, 0.4) is 0 Å². The van der Waals surface area contributed by atoms with Crippen molar-refractivity contribution in [3.05, 3.63) is 64.2 Å². The number of nitro groups is 1. The van der Waals surface area contributed by atoms with Crippen molar-refractivity contribution in [2.75, 3.05) is 0 Å². The lowest BCUT2D eigenvalue weighted by molar-refractivity contribution is -0.585. The second-order valence-electron chi connectivity index (χ2n) is 4.09. The molecule has 0 radical (unpaired) electrons. The zero-order chi connectivity index (χ0) is 13.9. The molecule has 0 spiro atoms. The van der Waals surface area contributed by atoms with E-state index in [1.54, 1.807) is 6.08 Å². The van der Waals surface area contributed by atoms with Crippen molar-refractivity contribution < 1.29 is 21.8 Å². The molecule has 21 heavy (non-hydrogen) atoms. The topological polar surface area (TPSA) is 88.8 Å². The average Bonchev–Trinajstić information content (AvgIpc) is 2.88. The molecule has 0 aliphatic heterocycles. The zero-order valence-electron chi connectivity index (χ0n) is 10.7. The molecule has 1 aromatic carbocycles. The Hall–Kier alpha value is -2.80. The molecule has 0 amide bonds. The second-order valence-corrected chi connectivity index (χ2v) is 4.09. The van der Waals surface area contributed by atoms with Crippen molar-refractivity contribution >= 4 is 23.6 Å². The highest BCUT2D eigenvalue weighted by Crippen LogP contribution is 2.07. The number of hydrogen-bond acceptors (Lipinski definition) is 4. The van der Waals surface area contributed by atoms with Crippen molar-refractivity contribution in [1.29, 1.82) is 0 Å². The number of hydrogen-bond donors (Lipinski definition) is 1. The molecule has 8 heteroatoms. The molecule has 7 nitrogen and oxygen atoms in total. The van der Waals surface area contributed by atoms with Crippen LogP contribution in [0.15, 0.2) is 42.7 Å². The highest BCUT2D eigenvalue weighted by atomic mass is 35.5. The molecule has 3 rings (SSSR count). The van der Waals surface area contributed by atoms with Gasteiger partial charge in [-0.25, -0.2) is 5.10 Å². The minimum atomic E-state index is -0.500. The van der Waals surface area contributed by atoms with E-state index in [-0.39, 0.29) is 18.1 Å². The monoisotopic (exact) mass is 303 g/mol. The first-order valence-corrected chi connectivity index (χ1v) is 5.87. The van der Waals surface area contributed by atoms with Gasteiger partial charge >= 0.3 is 11.5 Å². The normalized spacial score (nSPS) is 10.7. The molecular weight excluding hydrogens is 294 g/mol. The van der Waals surface area contributed by atoms with Crippen LogP contribution in [0.2, 0.25) is 0 Å². The summed E-state index contributed by atoms with van der Waals surface area (Å²) in [6, 6.07) is 9.76. The minimum Gasteiger partial charge on any atom is -1.00 e. The van der Waals surface area contributed by atoms with Gasteiger partial charge < -0.3 is 12.4 Å².